The maximum atomic E-state index is 13.3. The molecular weight excluding hydrogens is 859 g/mol. The Balaban J connectivity index is 4.06. The molecule has 0 saturated heterocycles. The summed E-state index contributed by atoms with van der Waals surface area (Å²) in [4.78, 5) is 80.4. The van der Waals surface area contributed by atoms with E-state index in [2.05, 4.69) is 36.6 Å². The van der Waals surface area contributed by atoms with Crippen LogP contribution >= 0.6 is 11.8 Å². The number of thioether (sulfide) groups is 1. The maximum Gasteiger partial charge on any atom is 0.303 e. The number of nitrogens with zero attached hydrogens (tertiary/aromatic N) is 2. The number of carbonyl (C=O) groups is 6. The van der Waals surface area contributed by atoms with E-state index in [4.69, 9.17) is 26.0 Å². The van der Waals surface area contributed by atoms with Crippen molar-refractivity contribution in [1.29, 1.82) is 0 Å². The second kappa shape index (κ2) is 42.9. The molecule has 0 saturated carbocycles. The van der Waals surface area contributed by atoms with Crippen molar-refractivity contribution in [1.82, 2.24) is 26.6 Å². The van der Waals surface area contributed by atoms with Gasteiger partial charge in [-0.05, 0) is 44.9 Å². The van der Waals surface area contributed by atoms with Crippen molar-refractivity contribution in [3.05, 3.63) is 0 Å². The molecule has 20 heteroatoms. The van der Waals surface area contributed by atoms with Crippen molar-refractivity contribution in [3.63, 3.8) is 0 Å². The van der Waals surface area contributed by atoms with Crippen LogP contribution in [0.25, 0.3) is 0 Å². The van der Waals surface area contributed by atoms with Crippen molar-refractivity contribution in [2.24, 2.45) is 21.5 Å². The molecule has 0 aliphatic rings. The third-order valence-corrected chi connectivity index (χ3v) is 11.7. The predicted octanol–water partition coefficient (Wildman–Crippen LogP) is 2.74. The van der Waals surface area contributed by atoms with Crippen molar-refractivity contribution in [3.8, 4) is 0 Å². The van der Waals surface area contributed by atoms with Crippen LogP contribution in [-0.2, 0) is 38.2 Å². The van der Waals surface area contributed by atoms with Gasteiger partial charge in [0, 0.05) is 58.4 Å². The Hall–Kier alpha value is -3.69. The molecule has 0 aromatic carbocycles. The molecule has 65 heavy (non-hydrogen) atoms. The SMILES string of the molecule is CN=CC(CC(NC(=O)COCCOCCNC(O)CCCNC(=O)CCCCCCCCCCCCCCCCCCC(=O)O)C(=O)NC(CCSCC(NC)C(N)=O)C(N)=O)=NC. The first-order chi connectivity index (χ1) is 31.3. The summed E-state index contributed by atoms with van der Waals surface area (Å²) in [5.41, 5.74) is 11.3. The average molecular weight is 944 g/mol. The molecule has 0 aromatic heterocycles. The Bertz CT molecular complexity index is 1360. The molecule has 19 nitrogen and oxygen atoms in total. The molecule has 0 aliphatic heterocycles. The highest BCUT2D eigenvalue weighted by molar-refractivity contribution is 7.99. The van der Waals surface area contributed by atoms with Gasteiger partial charge in [-0.3, -0.25) is 44.1 Å². The van der Waals surface area contributed by atoms with Crippen LogP contribution < -0.4 is 38.1 Å². The minimum Gasteiger partial charge on any atom is -0.481 e. The van der Waals surface area contributed by atoms with Gasteiger partial charge in [-0.15, -0.1) is 0 Å². The number of likely N-dealkylation sites (N-methyl/N-ethyl adjacent to an activating group) is 1. The molecular formula is C45H85N9O10S. The minimum absolute atomic E-state index is 0.00238. The maximum absolute atomic E-state index is 13.3. The molecule has 0 aliphatic carbocycles. The summed E-state index contributed by atoms with van der Waals surface area (Å²) < 4.78 is 10.9. The predicted molar refractivity (Wildman–Crippen MR) is 258 cm³/mol. The summed E-state index contributed by atoms with van der Waals surface area (Å²) in [5.74, 6) is -2.33. The molecule has 11 N–H and O–H groups in total. The molecule has 0 rings (SSSR count). The van der Waals surface area contributed by atoms with Crippen LogP contribution in [0.5, 0.6) is 0 Å². The number of aliphatic hydroxyl groups excluding tert-OH is 1. The summed E-state index contributed by atoms with van der Waals surface area (Å²) in [6.07, 6.45) is 21.6. The fourth-order valence-electron chi connectivity index (χ4n) is 6.71. The summed E-state index contributed by atoms with van der Waals surface area (Å²) in [6.45, 7) is 1.14. The summed E-state index contributed by atoms with van der Waals surface area (Å²) in [7, 11) is 4.69. The molecule has 0 bridgehead atoms. The van der Waals surface area contributed by atoms with Gasteiger partial charge in [-0.2, -0.15) is 11.8 Å². The highest BCUT2D eigenvalue weighted by Gasteiger charge is 2.27. The first kappa shape index (κ1) is 61.3. The first-order valence-corrected chi connectivity index (χ1v) is 24.9. The normalized spacial score (nSPS) is 13.6. The number of carbonyl (C=O) groups excluding carboxylic acids is 5. The van der Waals surface area contributed by atoms with Crippen LogP contribution in [0.2, 0.25) is 0 Å². The van der Waals surface area contributed by atoms with Gasteiger partial charge in [-0.1, -0.05) is 89.9 Å². The topological polar surface area (TPSA) is 298 Å². The van der Waals surface area contributed by atoms with Crippen LogP contribution in [0.15, 0.2) is 9.98 Å². The number of carboxylic acids is 1. The number of rotatable bonds is 46. The lowest BCUT2D eigenvalue weighted by molar-refractivity contribution is -0.137. The Morgan fingerprint density at radius 2 is 1.22 bits per heavy atom. The average Bonchev–Trinajstić information content (AvgIpc) is 3.26. The van der Waals surface area contributed by atoms with E-state index in [0.29, 0.717) is 62.6 Å². The highest BCUT2D eigenvalue weighted by Crippen LogP contribution is 2.15. The van der Waals surface area contributed by atoms with E-state index in [1.807, 2.05) is 0 Å². The summed E-state index contributed by atoms with van der Waals surface area (Å²) >= 11 is 1.37. The van der Waals surface area contributed by atoms with Crippen LogP contribution in [0.3, 0.4) is 0 Å². The van der Waals surface area contributed by atoms with Gasteiger partial charge in [0.15, 0.2) is 0 Å². The quantitative estimate of drug-likeness (QED) is 0.0241. The lowest BCUT2D eigenvalue weighted by Crippen LogP contribution is -2.54. The number of nitrogens with one attached hydrogen (secondary N) is 5. The number of aliphatic hydroxyl groups is 1. The van der Waals surface area contributed by atoms with E-state index in [-0.39, 0.29) is 38.6 Å². The number of nitrogens with two attached hydrogens (primary N) is 2. The van der Waals surface area contributed by atoms with E-state index in [1.165, 1.54) is 89.2 Å². The van der Waals surface area contributed by atoms with Gasteiger partial charge in [0.2, 0.25) is 29.5 Å². The van der Waals surface area contributed by atoms with E-state index < -0.39 is 54.0 Å². The number of hydrogen-bond donors (Lipinski definition) is 9. The number of unbranched alkanes of at least 4 members (excludes halogenated alkanes) is 15. The molecule has 4 atom stereocenters. The second-order valence-electron chi connectivity index (χ2n) is 16.2. The Labute approximate surface area is 392 Å². The second-order valence-corrected chi connectivity index (χ2v) is 17.3. The van der Waals surface area contributed by atoms with Gasteiger partial charge in [-0.25, -0.2) is 0 Å². The van der Waals surface area contributed by atoms with Gasteiger partial charge in [0.05, 0.1) is 31.6 Å². The Morgan fingerprint density at radius 3 is 1.74 bits per heavy atom. The third kappa shape index (κ3) is 38.2. The minimum atomic E-state index is -1.11. The van der Waals surface area contributed by atoms with Crippen LogP contribution in [0, 0.1) is 0 Å². The van der Waals surface area contributed by atoms with E-state index >= 15 is 0 Å². The fraction of sp³-hybridized carbons (Fsp3) is 0.822. The zero-order valence-corrected chi connectivity index (χ0v) is 40.5. The van der Waals surface area contributed by atoms with E-state index in [1.54, 1.807) is 14.1 Å². The first-order valence-electron chi connectivity index (χ1n) is 23.7. The number of carboxylic acid groups (broad SMARTS) is 1. The Morgan fingerprint density at radius 1 is 0.662 bits per heavy atom. The molecule has 0 radical (unpaired) electrons. The molecule has 5 amide bonds. The largest absolute Gasteiger partial charge is 0.481 e. The number of hydrogen-bond acceptors (Lipinski definition) is 14. The van der Waals surface area contributed by atoms with E-state index in [0.717, 1.165) is 38.5 Å². The zero-order chi connectivity index (χ0) is 48.3. The van der Waals surface area contributed by atoms with Crippen LogP contribution in [0.1, 0.15) is 141 Å². The number of primary amides is 2. The van der Waals surface area contributed by atoms with Crippen LogP contribution in [-0.4, -0.2) is 154 Å². The highest BCUT2D eigenvalue weighted by atomic mass is 32.2. The van der Waals surface area contributed by atoms with Crippen molar-refractivity contribution < 1.29 is 48.5 Å². The molecule has 4 unspecified atom stereocenters. The standard InChI is InChI=1S/C45H85N9O10S/c1-48-32-35(49-2)31-37(45(62)54-36(43(46)60)24-30-65-34-38(50-3)44(47)61)53-41(57)33-64-29-28-63-27-26-52-40(56)22-20-25-51-39(55)21-18-16-14-12-10-8-6-4-5-7-9-11-13-15-17-19-23-42(58)59/h32,36-38,40,50,52,56H,4-31,33-34H2,1-3H3,(H2,46,60)(H2,47,61)(H,51,55)(H,53,57)(H,54,62)(H,58,59). The van der Waals surface area contributed by atoms with E-state index in [9.17, 15) is 33.9 Å². The third-order valence-electron chi connectivity index (χ3n) is 10.6. The number of amides is 5. The number of aliphatic carboxylic acids is 1. The molecule has 0 heterocycles. The summed E-state index contributed by atoms with van der Waals surface area (Å²) in [6, 6.07) is -2.67. The zero-order valence-electron chi connectivity index (χ0n) is 39.7. The summed E-state index contributed by atoms with van der Waals surface area (Å²) in [5, 5.41) is 32.8. The Kier molecular flexibility index (Phi) is 40.5. The molecule has 0 spiro atoms. The smallest absolute Gasteiger partial charge is 0.303 e. The monoisotopic (exact) mass is 944 g/mol. The van der Waals surface area contributed by atoms with Crippen molar-refractivity contribution in [2.75, 3.05) is 72.2 Å². The van der Waals surface area contributed by atoms with Crippen molar-refractivity contribution in [2.45, 2.75) is 166 Å². The molecule has 376 valence electrons. The molecule has 0 fully saturated rings. The lowest BCUT2D eigenvalue weighted by atomic mass is 10.0. The van der Waals surface area contributed by atoms with Gasteiger partial charge >= 0.3 is 5.97 Å². The van der Waals surface area contributed by atoms with Gasteiger partial charge in [0.25, 0.3) is 0 Å². The lowest BCUT2D eigenvalue weighted by Gasteiger charge is -2.22. The fourth-order valence-corrected chi connectivity index (χ4v) is 7.84. The van der Waals surface area contributed by atoms with Gasteiger partial charge in [0.1, 0.15) is 24.9 Å². The number of ether oxygens (including phenoxy) is 2. The molecule has 0 aromatic rings. The number of aliphatic imine (C=N–C) groups is 2. The van der Waals surface area contributed by atoms with Crippen molar-refractivity contribution >= 4 is 59.2 Å². The van der Waals surface area contributed by atoms with Gasteiger partial charge < -0.3 is 52.4 Å². The van der Waals surface area contributed by atoms with Crippen LogP contribution in [0.4, 0.5) is 0 Å².